The number of hydrogen-bond donors (Lipinski definition) is 4. The number of rotatable bonds is 7. The van der Waals surface area contributed by atoms with Crippen molar-refractivity contribution >= 4 is 46.6 Å². The van der Waals surface area contributed by atoms with Crippen molar-refractivity contribution in [2.75, 3.05) is 16.0 Å². The zero-order valence-corrected chi connectivity index (χ0v) is 16.3. The molecule has 5 N–H and O–H groups in total. The molecule has 2 aromatic carbocycles. The number of nitrogens with one attached hydrogen (secondary N) is 3. The van der Waals surface area contributed by atoms with Gasteiger partial charge in [0, 0.05) is 36.1 Å². The Morgan fingerprint density at radius 1 is 1.10 bits per heavy atom. The standard InChI is InChI=1S/C20H19ClN6O2/c1-12(28)25-15-3-2-4-16(9-15)26-20-24-11-17(18(22)29)19(27-20)23-10-13-5-7-14(21)8-6-13/h2-9,11H,10H2,1H3,(H2,22,29)(H,25,28)(H2,23,24,26,27). The van der Waals surface area contributed by atoms with E-state index in [4.69, 9.17) is 17.3 Å². The molecule has 3 rings (SSSR count). The third kappa shape index (κ3) is 5.66. The molecule has 0 saturated carbocycles. The van der Waals surface area contributed by atoms with Crippen LogP contribution in [0.5, 0.6) is 0 Å². The number of amides is 2. The van der Waals surface area contributed by atoms with Gasteiger partial charge < -0.3 is 21.7 Å². The molecule has 1 heterocycles. The van der Waals surface area contributed by atoms with Crippen LogP contribution in [0, 0.1) is 0 Å². The van der Waals surface area contributed by atoms with Gasteiger partial charge in [0.15, 0.2) is 0 Å². The summed E-state index contributed by atoms with van der Waals surface area (Å²) in [6.45, 7) is 1.86. The van der Waals surface area contributed by atoms with Crippen molar-refractivity contribution in [3.05, 3.63) is 70.9 Å². The lowest BCUT2D eigenvalue weighted by atomic mass is 10.2. The predicted molar refractivity (Wildman–Crippen MR) is 113 cm³/mol. The molecule has 0 radical (unpaired) electrons. The quantitative estimate of drug-likeness (QED) is 0.472. The summed E-state index contributed by atoms with van der Waals surface area (Å²) >= 11 is 5.90. The minimum atomic E-state index is -0.636. The summed E-state index contributed by atoms with van der Waals surface area (Å²) in [5.74, 6) is -0.225. The van der Waals surface area contributed by atoms with E-state index in [1.54, 1.807) is 36.4 Å². The van der Waals surface area contributed by atoms with Crippen molar-refractivity contribution in [1.82, 2.24) is 9.97 Å². The lowest BCUT2D eigenvalue weighted by Gasteiger charge is -2.12. The second kappa shape index (κ2) is 9.03. The van der Waals surface area contributed by atoms with Crippen LogP contribution < -0.4 is 21.7 Å². The van der Waals surface area contributed by atoms with Gasteiger partial charge in [0.25, 0.3) is 5.91 Å². The minimum absolute atomic E-state index is 0.169. The number of nitrogens with two attached hydrogens (primary N) is 1. The van der Waals surface area contributed by atoms with Crippen LogP contribution in [0.4, 0.5) is 23.1 Å². The van der Waals surface area contributed by atoms with E-state index < -0.39 is 5.91 Å². The van der Waals surface area contributed by atoms with Crippen LogP contribution in [0.15, 0.2) is 54.7 Å². The van der Waals surface area contributed by atoms with Gasteiger partial charge in [0.05, 0.1) is 5.56 Å². The number of halogens is 1. The van der Waals surface area contributed by atoms with Crippen LogP contribution in [0.2, 0.25) is 5.02 Å². The first-order valence-corrected chi connectivity index (χ1v) is 9.08. The molecule has 0 fully saturated rings. The van der Waals surface area contributed by atoms with Crippen molar-refractivity contribution < 1.29 is 9.59 Å². The Balaban J connectivity index is 1.79. The number of anilines is 4. The first-order chi connectivity index (χ1) is 13.9. The maximum atomic E-state index is 11.7. The van der Waals surface area contributed by atoms with Crippen LogP contribution in [0.25, 0.3) is 0 Å². The van der Waals surface area contributed by atoms with Gasteiger partial charge in [-0.25, -0.2) is 4.98 Å². The molecule has 0 bridgehead atoms. The monoisotopic (exact) mass is 410 g/mol. The lowest BCUT2D eigenvalue weighted by molar-refractivity contribution is -0.114. The molecular formula is C20H19ClN6O2. The zero-order valence-electron chi connectivity index (χ0n) is 15.6. The molecule has 0 saturated heterocycles. The number of aromatic nitrogens is 2. The van der Waals surface area contributed by atoms with E-state index >= 15 is 0 Å². The number of carbonyl (C=O) groups is 2. The maximum absolute atomic E-state index is 11.7. The van der Waals surface area contributed by atoms with E-state index in [1.807, 2.05) is 12.1 Å². The summed E-state index contributed by atoms with van der Waals surface area (Å²) in [5.41, 5.74) is 7.88. The Morgan fingerprint density at radius 2 is 1.83 bits per heavy atom. The maximum Gasteiger partial charge on any atom is 0.254 e. The summed E-state index contributed by atoms with van der Waals surface area (Å²) in [4.78, 5) is 31.4. The van der Waals surface area contributed by atoms with Gasteiger partial charge >= 0.3 is 0 Å². The lowest BCUT2D eigenvalue weighted by Crippen LogP contribution is -2.17. The fraction of sp³-hybridized carbons (Fsp3) is 0.100. The van der Waals surface area contributed by atoms with Crippen LogP contribution >= 0.6 is 11.6 Å². The SMILES string of the molecule is CC(=O)Nc1cccc(Nc2ncc(C(N)=O)c(NCc3ccc(Cl)cc3)n2)c1. The molecule has 0 aliphatic rings. The van der Waals surface area contributed by atoms with Gasteiger partial charge in [0.2, 0.25) is 11.9 Å². The molecule has 0 unspecified atom stereocenters. The van der Waals surface area contributed by atoms with E-state index in [0.29, 0.717) is 28.8 Å². The fourth-order valence-electron chi connectivity index (χ4n) is 2.55. The van der Waals surface area contributed by atoms with Crippen molar-refractivity contribution in [3.8, 4) is 0 Å². The summed E-state index contributed by atoms with van der Waals surface area (Å²) in [6, 6.07) is 14.4. The van der Waals surface area contributed by atoms with Crippen molar-refractivity contribution in [2.45, 2.75) is 13.5 Å². The first kappa shape index (κ1) is 20.1. The Labute approximate surface area is 172 Å². The molecular weight excluding hydrogens is 392 g/mol. The average molecular weight is 411 g/mol. The second-order valence-electron chi connectivity index (χ2n) is 6.19. The summed E-state index contributed by atoms with van der Waals surface area (Å²) < 4.78 is 0. The van der Waals surface area contributed by atoms with Crippen LogP contribution in [0.3, 0.4) is 0 Å². The van der Waals surface area contributed by atoms with Gasteiger partial charge in [-0.2, -0.15) is 4.98 Å². The van der Waals surface area contributed by atoms with E-state index in [0.717, 1.165) is 5.56 Å². The third-order valence-electron chi connectivity index (χ3n) is 3.87. The van der Waals surface area contributed by atoms with E-state index in [-0.39, 0.29) is 17.4 Å². The largest absolute Gasteiger partial charge is 0.365 e. The molecule has 1 aromatic heterocycles. The second-order valence-corrected chi connectivity index (χ2v) is 6.62. The normalized spacial score (nSPS) is 10.3. The molecule has 8 nitrogen and oxygen atoms in total. The topological polar surface area (TPSA) is 122 Å². The van der Waals surface area contributed by atoms with E-state index in [2.05, 4.69) is 25.9 Å². The smallest absolute Gasteiger partial charge is 0.254 e. The summed E-state index contributed by atoms with van der Waals surface area (Å²) in [7, 11) is 0. The molecule has 148 valence electrons. The third-order valence-corrected chi connectivity index (χ3v) is 4.12. The van der Waals surface area contributed by atoms with Gasteiger partial charge in [-0.1, -0.05) is 29.8 Å². The first-order valence-electron chi connectivity index (χ1n) is 8.70. The molecule has 29 heavy (non-hydrogen) atoms. The minimum Gasteiger partial charge on any atom is -0.365 e. The van der Waals surface area contributed by atoms with Crippen LogP contribution in [-0.4, -0.2) is 21.8 Å². The van der Waals surface area contributed by atoms with E-state index in [1.165, 1.54) is 13.1 Å². The highest BCUT2D eigenvalue weighted by Gasteiger charge is 2.12. The number of primary amides is 1. The number of nitrogens with zero attached hydrogens (tertiary/aromatic N) is 2. The molecule has 0 atom stereocenters. The average Bonchev–Trinajstić information content (AvgIpc) is 2.67. The number of carbonyl (C=O) groups excluding carboxylic acids is 2. The van der Waals surface area contributed by atoms with Crippen LogP contribution in [-0.2, 0) is 11.3 Å². The number of hydrogen-bond acceptors (Lipinski definition) is 6. The molecule has 0 spiro atoms. The van der Waals surface area contributed by atoms with Gasteiger partial charge in [-0.05, 0) is 35.9 Å². The Morgan fingerprint density at radius 3 is 2.52 bits per heavy atom. The Kier molecular flexibility index (Phi) is 6.25. The molecule has 0 aliphatic carbocycles. The Bertz CT molecular complexity index is 1040. The summed E-state index contributed by atoms with van der Waals surface area (Å²) in [5, 5.41) is 9.50. The van der Waals surface area contributed by atoms with Gasteiger partial charge in [-0.15, -0.1) is 0 Å². The van der Waals surface area contributed by atoms with Crippen molar-refractivity contribution in [3.63, 3.8) is 0 Å². The fourth-order valence-corrected chi connectivity index (χ4v) is 2.68. The van der Waals surface area contributed by atoms with Crippen molar-refractivity contribution in [1.29, 1.82) is 0 Å². The molecule has 9 heteroatoms. The summed E-state index contributed by atoms with van der Waals surface area (Å²) in [6.07, 6.45) is 1.36. The van der Waals surface area contributed by atoms with Gasteiger partial charge in [0.1, 0.15) is 5.82 Å². The predicted octanol–water partition coefficient (Wildman–Crippen LogP) is 3.54. The molecule has 3 aromatic rings. The Hall–Kier alpha value is -3.65. The van der Waals surface area contributed by atoms with E-state index in [9.17, 15) is 9.59 Å². The molecule has 2 amide bonds. The number of benzene rings is 2. The van der Waals surface area contributed by atoms with Crippen LogP contribution in [0.1, 0.15) is 22.8 Å². The van der Waals surface area contributed by atoms with Gasteiger partial charge in [-0.3, -0.25) is 9.59 Å². The molecule has 0 aliphatic heterocycles. The highest BCUT2D eigenvalue weighted by molar-refractivity contribution is 6.30. The highest BCUT2D eigenvalue weighted by atomic mass is 35.5. The van der Waals surface area contributed by atoms with Crippen molar-refractivity contribution in [2.24, 2.45) is 5.73 Å². The highest BCUT2D eigenvalue weighted by Crippen LogP contribution is 2.21. The zero-order chi connectivity index (χ0) is 20.8.